The topological polar surface area (TPSA) is 78.6 Å². The molecule has 0 rings (SSSR count). The highest BCUT2D eigenvalue weighted by molar-refractivity contribution is 7.89. The molecule has 0 aliphatic rings. The number of primary sulfonamides is 1. The molecule has 0 aliphatic carbocycles. The standard InChI is InChI=1S/C10H23NO4S/c1-4-14-5-6-15-7-10(9(2)3)8-16(11,12)13/h9-10H,4-8H2,1-3H3,(H2,11,12,13). The van der Waals surface area contributed by atoms with Crippen LogP contribution < -0.4 is 5.14 Å². The van der Waals surface area contributed by atoms with E-state index in [1.54, 1.807) is 0 Å². The SMILES string of the molecule is CCOCCOCC(CS(N)(=O)=O)C(C)C. The van der Waals surface area contributed by atoms with Gasteiger partial charge in [0, 0.05) is 6.61 Å². The lowest BCUT2D eigenvalue weighted by Gasteiger charge is -2.19. The zero-order chi connectivity index (χ0) is 12.6. The smallest absolute Gasteiger partial charge is 0.209 e. The number of hydrogen-bond acceptors (Lipinski definition) is 4. The average Bonchev–Trinajstić information content (AvgIpc) is 2.13. The van der Waals surface area contributed by atoms with Crippen molar-refractivity contribution in [2.24, 2.45) is 17.0 Å². The third-order valence-corrected chi connectivity index (χ3v) is 3.19. The molecule has 6 heteroatoms. The lowest BCUT2D eigenvalue weighted by Crippen LogP contribution is -2.29. The molecule has 0 saturated carbocycles. The molecule has 0 saturated heterocycles. The van der Waals surface area contributed by atoms with E-state index in [1.807, 2.05) is 20.8 Å². The minimum atomic E-state index is -3.43. The highest BCUT2D eigenvalue weighted by Crippen LogP contribution is 2.12. The molecule has 5 nitrogen and oxygen atoms in total. The molecule has 0 aliphatic heterocycles. The van der Waals surface area contributed by atoms with Crippen LogP contribution in [0.4, 0.5) is 0 Å². The Morgan fingerprint density at radius 1 is 1.19 bits per heavy atom. The first kappa shape index (κ1) is 15.8. The molecule has 0 radical (unpaired) electrons. The van der Waals surface area contributed by atoms with Crippen molar-refractivity contribution in [2.45, 2.75) is 20.8 Å². The van der Waals surface area contributed by atoms with Gasteiger partial charge in [-0.25, -0.2) is 13.6 Å². The molecule has 1 atom stereocenters. The van der Waals surface area contributed by atoms with E-state index in [9.17, 15) is 8.42 Å². The predicted octanol–water partition coefficient (Wildman–Crippen LogP) is 0.600. The van der Waals surface area contributed by atoms with Crippen LogP contribution in [0, 0.1) is 11.8 Å². The summed E-state index contributed by atoms with van der Waals surface area (Å²) in [5.74, 6) is 0.140. The van der Waals surface area contributed by atoms with Crippen molar-refractivity contribution < 1.29 is 17.9 Å². The molecule has 0 aromatic carbocycles. The maximum absolute atomic E-state index is 11.0. The van der Waals surface area contributed by atoms with Crippen LogP contribution >= 0.6 is 0 Å². The summed E-state index contributed by atoms with van der Waals surface area (Å²) in [6.07, 6.45) is 0. The van der Waals surface area contributed by atoms with E-state index in [4.69, 9.17) is 14.6 Å². The van der Waals surface area contributed by atoms with Crippen LogP contribution in [0.1, 0.15) is 20.8 Å². The van der Waals surface area contributed by atoms with Crippen molar-refractivity contribution in [3.63, 3.8) is 0 Å². The zero-order valence-corrected chi connectivity index (χ0v) is 11.1. The van der Waals surface area contributed by atoms with Crippen molar-refractivity contribution in [1.82, 2.24) is 0 Å². The first-order valence-corrected chi connectivity index (χ1v) is 7.24. The molecule has 0 spiro atoms. The predicted molar refractivity (Wildman–Crippen MR) is 63.6 cm³/mol. The molecule has 0 heterocycles. The van der Waals surface area contributed by atoms with Crippen LogP contribution in [-0.2, 0) is 19.5 Å². The molecule has 0 fully saturated rings. The molecule has 0 aromatic heterocycles. The van der Waals surface area contributed by atoms with E-state index >= 15 is 0 Å². The Kier molecular flexibility index (Phi) is 7.91. The monoisotopic (exact) mass is 253 g/mol. The van der Waals surface area contributed by atoms with E-state index in [0.717, 1.165) is 0 Å². The third-order valence-electron chi connectivity index (χ3n) is 2.30. The van der Waals surface area contributed by atoms with Gasteiger partial charge in [-0.1, -0.05) is 13.8 Å². The fourth-order valence-electron chi connectivity index (χ4n) is 1.23. The largest absolute Gasteiger partial charge is 0.379 e. The fourth-order valence-corrected chi connectivity index (χ4v) is 2.31. The highest BCUT2D eigenvalue weighted by Gasteiger charge is 2.19. The quantitative estimate of drug-likeness (QED) is 0.610. The lowest BCUT2D eigenvalue weighted by molar-refractivity contribution is 0.0338. The van der Waals surface area contributed by atoms with Gasteiger partial charge in [-0.3, -0.25) is 0 Å². The normalized spacial score (nSPS) is 14.3. The van der Waals surface area contributed by atoms with Crippen LogP contribution in [0.2, 0.25) is 0 Å². The second-order valence-corrected chi connectivity index (χ2v) is 5.76. The minimum Gasteiger partial charge on any atom is -0.379 e. The Labute approximate surface area is 98.4 Å². The van der Waals surface area contributed by atoms with Gasteiger partial charge in [-0.05, 0) is 18.8 Å². The second kappa shape index (κ2) is 8.00. The summed E-state index contributed by atoms with van der Waals surface area (Å²) in [7, 11) is -3.43. The van der Waals surface area contributed by atoms with Crippen molar-refractivity contribution in [1.29, 1.82) is 0 Å². The lowest BCUT2D eigenvalue weighted by atomic mass is 9.99. The summed E-state index contributed by atoms with van der Waals surface area (Å²) in [6.45, 7) is 7.93. The minimum absolute atomic E-state index is 0.0285. The summed E-state index contributed by atoms with van der Waals surface area (Å²) in [6, 6.07) is 0. The Hall–Kier alpha value is -0.170. The van der Waals surface area contributed by atoms with Gasteiger partial charge in [0.05, 0.1) is 25.6 Å². The Morgan fingerprint density at radius 3 is 2.19 bits per heavy atom. The van der Waals surface area contributed by atoms with Gasteiger partial charge in [-0.2, -0.15) is 0 Å². The van der Waals surface area contributed by atoms with E-state index in [1.165, 1.54) is 0 Å². The molecule has 98 valence electrons. The van der Waals surface area contributed by atoms with Crippen molar-refractivity contribution in [3.8, 4) is 0 Å². The van der Waals surface area contributed by atoms with Gasteiger partial charge in [0.2, 0.25) is 10.0 Å². The van der Waals surface area contributed by atoms with Crippen LogP contribution in [0.3, 0.4) is 0 Å². The van der Waals surface area contributed by atoms with Gasteiger partial charge < -0.3 is 9.47 Å². The van der Waals surface area contributed by atoms with Crippen molar-refractivity contribution in [2.75, 3.05) is 32.2 Å². The average molecular weight is 253 g/mol. The molecule has 0 amide bonds. The Morgan fingerprint density at radius 2 is 1.75 bits per heavy atom. The van der Waals surface area contributed by atoms with E-state index < -0.39 is 10.0 Å². The first-order valence-electron chi connectivity index (χ1n) is 5.52. The van der Waals surface area contributed by atoms with Gasteiger partial charge in [0.15, 0.2) is 0 Å². The molecular formula is C10H23NO4S. The van der Waals surface area contributed by atoms with E-state index in [-0.39, 0.29) is 17.6 Å². The fraction of sp³-hybridized carbons (Fsp3) is 1.00. The molecule has 0 bridgehead atoms. The number of nitrogens with two attached hydrogens (primary N) is 1. The molecule has 2 N–H and O–H groups in total. The van der Waals surface area contributed by atoms with Gasteiger partial charge in [0.1, 0.15) is 0 Å². The van der Waals surface area contributed by atoms with Crippen LogP contribution in [-0.4, -0.2) is 40.6 Å². The molecule has 16 heavy (non-hydrogen) atoms. The maximum Gasteiger partial charge on any atom is 0.209 e. The summed E-state index contributed by atoms with van der Waals surface area (Å²) in [4.78, 5) is 0. The molecule has 0 aromatic rings. The summed E-state index contributed by atoms with van der Waals surface area (Å²) in [5, 5.41) is 5.02. The van der Waals surface area contributed by atoms with Crippen LogP contribution in [0.15, 0.2) is 0 Å². The van der Waals surface area contributed by atoms with Crippen molar-refractivity contribution >= 4 is 10.0 Å². The van der Waals surface area contributed by atoms with E-state index in [2.05, 4.69) is 0 Å². The Bertz CT molecular complexity index is 264. The third kappa shape index (κ3) is 9.08. The molecular weight excluding hydrogens is 230 g/mol. The van der Waals surface area contributed by atoms with Gasteiger partial charge >= 0.3 is 0 Å². The molecule has 1 unspecified atom stereocenters. The first-order chi connectivity index (χ1) is 7.37. The van der Waals surface area contributed by atoms with Crippen LogP contribution in [0.25, 0.3) is 0 Å². The summed E-state index contributed by atoms with van der Waals surface area (Å²) in [5.41, 5.74) is 0. The number of ether oxygens (including phenoxy) is 2. The second-order valence-electron chi connectivity index (χ2n) is 4.11. The van der Waals surface area contributed by atoms with Crippen LogP contribution in [0.5, 0.6) is 0 Å². The number of sulfonamides is 1. The highest BCUT2D eigenvalue weighted by atomic mass is 32.2. The number of rotatable bonds is 9. The summed E-state index contributed by atoms with van der Waals surface area (Å²) >= 11 is 0. The summed E-state index contributed by atoms with van der Waals surface area (Å²) < 4.78 is 32.4. The van der Waals surface area contributed by atoms with E-state index in [0.29, 0.717) is 26.4 Å². The zero-order valence-electron chi connectivity index (χ0n) is 10.3. The van der Waals surface area contributed by atoms with Gasteiger partial charge in [0.25, 0.3) is 0 Å². The number of hydrogen-bond donors (Lipinski definition) is 1. The van der Waals surface area contributed by atoms with Crippen molar-refractivity contribution in [3.05, 3.63) is 0 Å². The van der Waals surface area contributed by atoms with Gasteiger partial charge in [-0.15, -0.1) is 0 Å². The Balaban J connectivity index is 3.87. The maximum atomic E-state index is 11.0.